The lowest BCUT2D eigenvalue weighted by Crippen LogP contribution is -2.27. The topological polar surface area (TPSA) is 72.9 Å². The minimum atomic E-state index is -0.573. The molecule has 0 aliphatic carbocycles. The van der Waals surface area contributed by atoms with Crippen LogP contribution in [0.25, 0.3) is 6.08 Å². The molecule has 0 spiro atoms. The number of hydrogen-bond donors (Lipinski definition) is 0. The molecule has 1 fully saturated rings. The van der Waals surface area contributed by atoms with E-state index in [0.29, 0.717) is 31.8 Å². The molecule has 0 unspecified atom stereocenters. The van der Waals surface area contributed by atoms with E-state index in [-0.39, 0.29) is 22.9 Å². The number of amides is 2. The predicted molar refractivity (Wildman–Crippen MR) is 137 cm³/mol. The Morgan fingerprint density at radius 1 is 0.943 bits per heavy atom. The van der Waals surface area contributed by atoms with E-state index in [1.807, 2.05) is 0 Å². The maximum absolute atomic E-state index is 12.9. The van der Waals surface area contributed by atoms with Gasteiger partial charge in [-0.1, -0.05) is 46.9 Å². The third-order valence-electron chi connectivity index (χ3n) is 4.97. The highest BCUT2D eigenvalue weighted by molar-refractivity contribution is 8.18. The smallest absolute Gasteiger partial charge is 0.343 e. The molecule has 4 rings (SSSR count). The van der Waals surface area contributed by atoms with Crippen LogP contribution in [0.2, 0.25) is 15.1 Å². The number of halogens is 3. The summed E-state index contributed by atoms with van der Waals surface area (Å²) >= 11 is 18.7. The summed E-state index contributed by atoms with van der Waals surface area (Å²) in [5.74, 6) is -0.507. The molecule has 3 aromatic carbocycles. The summed E-state index contributed by atoms with van der Waals surface area (Å²) in [5, 5.41) is 0.842. The molecule has 0 atom stereocenters. The zero-order valence-corrected chi connectivity index (χ0v) is 21.2. The summed E-state index contributed by atoms with van der Waals surface area (Å²) in [6.07, 6.45) is 1.58. The van der Waals surface area contributed by atoms with Crippen LogP contribution in [0.15, 0.2) is 65.6 Å². The fraction of sp³-hybridized carbons (Fsp3) is 0.0800. The van der Waals surface area contributed by atoms with Crippen molar-refractivity contribution in [1.82, 2.24) is 4.90 Å². The van der Waals surface area contributed by atoms with E-state index >= 15 is 0 Å². The van der Waals surface area contributed by atoms with Crippen LogP contribution in [-0.2, 0) is 11.3 Å². The van der Waals surface area contributed by atoms with Gasteiger partial charge in [0, 0.05) is 5.02 Å². The van der Waals surface area contributed by atoms with Gasteiger partial charge in [-0.3, -0.25) is 14.5 Å². The van der Waals surface area contributed by atoms with Crippen molar-refractivity contribution in [2.24, 2.45) is 0 Å². The number of methoxy groups -OCH3 is 1. The fourth-order valence-corrected chi connectivity index (χ4v) is 4.50. The molecule has 1 saturated heterocycles. The van der Waals surface area contributed by atoms with Gasteiger partial charge < -0.3 is 9.47 Å². The molecule has 35 heavy (non-hydrogen) atoms. The third kappa shape index (κ3) is 5.82. The first kappa shape index (κ1) is 25.1. The molecule has 2 amide bonds. The molecule has 3 aromatic rings. The highest BCUT2D eigenvalue weighted by Gasteiger charge is 2.35. The standard InChI is InChI=1S/C25H16Cl3NO5S/c1-33-21-11-14(3-9-20(21)34-24(31)16-4-6-17(26)7-5-16)12-22-23(30)29(25(32)35-22)13-15-2-8-18(27)19(28)10-15/h2-12H,13H2,1H3/b22-12-. The molecule has 1 aliphatic heterocycles. The number of nitrogens with zero attached hydrogens (tertiary/aromatic N) is 1. The van der Waals surface area contributed by atoms with Crippen molar-refractivity contribution in [3.05, 3.63) is 97.3 Å². The SMILES string of the molecule is COc1cc(/C=C2\SC(=O)N(Cc3ccc(Cl)c(Cl)c3)C2=O)ccc1OC(=O)c1ccc(Cl)cc1. The van der Waals surface area contributed by atoms with Gasteiger partial charge in [0.25, 0.3) is 11.1 Å². The molecular weight excluding hydrogens is 533 g/mol. The summed E-state index contributed by atoms with van der Waals surface area (Å²) in [4.78, 5) is 39.2. The highest BCUT2D eigenvalue weighted by atomic mass is 35.5. The number of thioether (sulfide) groups is 1. The molecule has 1 aliphatic rings. The molecule has 0 aromatic heterocycles. The number of carbonyl (C=O) groups excluding carboxylic acids is 3. The Morgan fingerprint density at radius 2 is 1.69 bits per heavy atom. The summed E-state index contributed by atoms with van der Waals surface area (Å²) in [7, 11) is 1.43. The lowest BCUT2D eigenvalue weighted by atomic mass is 10.1. The maximum Gasteiger partial charge on any atom is 0.343 e. The van der Waals surface area contributed by atoms with E-state index in [2.05, 4.69) is 0 Å². The Morgan fingerprint density at radius 3 is 2.37 bits per heavy atom. The fourth-order valence-electron chi connectivity index (χ4n) is 3.21. The maximum atomic E-state index is 12.9. The van der Waals surface area contributed by atoms with Gasteiger partial charge in [-0.05, 0) is 77.5 Å². The van der Waals surface area contributed by atoms with Gasteiger partial charge in [-0.25, -0.2) is 4.79 Å². The van der Waals surface area contributed by atoms with Gasteiger partial charge in [-0.2, -0.15) is 0 Å². The van der Waals surface area contributed by atoms with Crippen molar-refractivity contribution in [2.45, 2.75) is 6.54 Å². The van der Waals surface area contributed by atoms with Crippen molar-refractivity contribution >= 4 is 69.8 Å². The lowest BCUT2D eigenvalue weighted by molar-refractivity contribution is -0.123. The van der Waals surface area contributed by atoms with Crippen LogP contribution >= 0.6 is 46.6 Å². The first-order valence-electron chi connectivity index (χ1n) is 10.1. The summed E-state index contributed by atoms with van der Waals surface area (Å²) < 4.78 is 10.8. The van der Waals surface area contributed by atoms with E-state index in [4.69, 9.17) is 44.3 Å². The third-order valence-corrected chi connectivity index (χ3v) is 6.86. The molecule has 0 saturated carbocycles. The van der Waals surface area contributed by atoms with Gasteiger partial charge in [0.05, 0.1) is 34.2 Å². The lowest BCUT2D eigenvalue weighted by Gasteiger charge is -2.13. The number of benzene rings is 3. The highest BCUT2D eigenvalue weighted by Crippen LogP contribution is 2.36. The number of ether oxygens (including phenoxy) is 2. The van der Waals surface area contributed by atoms with Crippen LogP contribution in [0.3, 0.4) is 0 Å². The Labute approximate surface area is 220 Å². The van der Waals surface area contributed by atoms with E-state index in [1.165, 1.54) is 7.11 Å². The summed E-state index contributed by atoms with van der Waals surface area (Å²) in [6.45, 7) is 0.0712. The minimum Gasteiger partial charge on any atom is -0.493 e. The van der Waals surface area contributed by atoms with E-state index in [1.54, 1.807) is 66.7 Å². The summed E-state index contributed by atoms with van der Waals surface area (Å²) in [6, 6.07) is 16.0. The van der Waals surface area contributed by atoms with Crippen LogP contribution in [0.5, 0.6) is 11.5 Å². The second-order valence-corrected chi connectivity index (χ2v) is 9.57. The zero-order chi connectivity index (χ0) is 25.1. The van der Waals surface area contributed by atoms with Gasteiger partial charge in [-0.15, -0.1) is 0 Å². The Kier molecular flexibility index (Phi) is 7.72. The van der Waals surface area contributed by atoms with Crippen molar-refractivity contribution in [2.75, 3.05) is 7.11 Å². The number of hydrogen-bond acceptors (Lipinski definition) is 6. The molecule has 0 N–H and O–H groups in total. The zero-order valence-electron chi connectivity index (χ0n) is 18.1. The summed E-state index contributed by atoms with van der Waals surface area (Å²) in [5.41, 5.74) is 1.60. The van der Waals surface area contributed by atoms with Gasteiger partial charge in [0.15, 0.2) is 11.5 Å². The first-order chi connectivity index (χ1) is 16.7. The van der Waals surface area contributed by atoms with Gasteiger partial charge in [0.1, 0.15) is 0 Å². The average Bonchev–Trinajstić information content (AvgIpc) is 3.10. The number of carbonyl (C=O) groups is 3. The number of rotatable bonds is 6. The van der Waals surface area contributed by atoms with Crippen LogP contribution < -0.4 is 9.47 Å². The molecule has 178 valence electrons. The Hall–Kier alpha value is -2.97. The molecule has 6 nitrogen and oxygen atoms in total. The molecule has 1 heterocycles. The largest absolute Gasteiger partial charge is 0.493 e. The number of esters is 1. The Bertz CT molecular complexity index is 1360. The van der Waals surface area contributed by atoms with Gasteiger partial charge in [0.2, 0.25) is 0 Å². The van der Waals surface area contributed by atoms with Crippen LogP contribution in [-0.4, -0.2) is 29.1 Å². The number of imide groups is 1. The van der Waals surface area contributed by atoms with Crippen molar-refractivity contribution in [1.29, 1.82) is 0 Å². The molecule has 0 radical (unpaired) electrons. The molecule has 0 bridgehead atoms. The molecule has 10 heteroatoms. The Balaban J connectivity index is 1.51. The van der Waals surface area contributed by atoms with E-state index < -0.39 is 17.1 Å². The first-order valence-corrected chi connectivity index (χ1v) is 12.1. The van der Waals surface area contributed by atoms with E-state index in [9.17, 15) is 14.4 Å². The van der Waals surface area contributed by atoms with Crippen LogP contribution in [0, 0.1) is 0 Å². The van der Waals surface area contributed by atoms with Crippen LogP contribution in [0.1, 0.15) is 21.5 Å². The quantitative estimate of drug-likeness (QED) is 0.186. The van der Waals surface area contributed by atoms with Crippen LogP contribution in [0.4, 0.5) is 4.79 Å². The van der Waals surface area contributed by atoms with E-state index in [0.717, 1.165) is 16.7 Å². The second kappa shape index (κ2) is 10.7. The second-order valence-electron chi connectivity index (χ2n) is 7.32. The minimum absolute atomic E-state index is 0.0712. The van der Waals surface area contributed by atoms with Crippen molar-refractivity contribution in [3.63, 3.8) is 0 Å². The average molecular weight is 549 g/mol. The van der Waals surface area contributed by atoms with Gasteiger partial charge >= 0.3 is 5.97 Å². The molecular formula is C25H16Cl3NO5S. The van der Waals surface area contributed by atoms with Crippen molar-refractivity contribution < 1.29 is 23.9 Å². The monoisotopic (exact) mass is 547 g/mol. The predicted octanol–water partition coefficient (Wildman–Crippen LogP) is 7.11. The normalized spacial score (nSPS) is 14.5. The van der Waals surface area contributed by atoms with Crippen molar-refractivity contribution in [3.8, 4) is 11.5 Å².